The SMILES string of the molecule is CC(O)CN(CC(C)O)C(C)O.OB(O)O. The molecule has 0 aromatic heterocycles. The minimum atomic E-state index is -2.17. The van der Waals surface area contributed by atoms with E-state index in [2.05, 4.69) is 0 Å². The quantitative estimate of drug-likeness (QED) is 0.228. The van der Waals surface area contributed by atoms with Gasteiger partial charge in [0.2, 0.25) is 0 Å². The first-order valence-corrected chi connectivity index (χ1v) is 4.99. The lowest BCUT2D eigenvalue weighted by Crippen LogP contribution is -2.42. The molecule has 3 unspecified atom stereocenters. The Morgan fingerprint density at radius 2 is 1.12 bits per heavy atom. The molecular weight excluding hydrogens is 217 g/mol. The average Bonchev–Trinajstić information content (AvgIpc) is 1.99. The van der Waals surface area contributed by atoms with E-state index in [0.29, 0.717) is 13.1 Å². The molecule has 0 amide bonds. The molecule has 0 rings (SSSR count). The van der Waals surface area contributed by atoms with Gasteiger partial charge in [-0.2, -0.15) is 0 Å². The van der Waals surface area contributed by atoms with Crippen molar-refractivity contribution >= 4 is 7.32 Å². The van der Waals surface area contributed by atoms with Crippen molar-refractivity contribution in [2.24, 2.45) is 0 Å². The zero-order chi connectivity index (χ0) is 13.3. The summed E-state index contributed by atoms with van der Waals surface area (Å²) < 4.78 is 0. The zero-order valence-electron chi connectivity index (χ0n) is 9.85. The normalized spacial score (nSPS) is 16.1. The van der Waals surface area contributed by atoms with Crippen molar-refractivity contribution in [1.82, 2.24) is 4.90 Å². The van der Waals surface area contributed by atoms with Gasteiger partial charge in [0.15, 0.2) is 0 Å². The fourth-order valence-electron chi connectivity index (χ4n) is 1.06. The van der Waals surface area contributed by atoms with Gasteiger partial charge in [0.25, 0.3) is 0 Å². The van der Waals surface area contributed by atoms with Crippen LogP contribution >= 0.6 is 0 Å². The van der Waals surface area contributed by atoms with Crippen molar-refractivity contribution in [1.29, 1.82) is 0 Å². The molecule has 0 aromatic rings. The Labute approximate surface area is 95.8 Å². The van der Waals surface area contributed by atoms with E-state index in [9.17, 15) is 5.11 Å². The second kappa shape index (κ2) is 9.97. The summed E-state index contributed by atoms with van der Waals surface area (Å²) in [5, 5.41) is 48.8. The van der Waals surface area contributed by atoms with Crippen LogP contribution in [0, 0.1) is 0 Å². The maximum Gasteiger partial charge on any atom is 0.631 e. The molecule has 0 heterocycles. The van der Waals surface area contributed by atoms with Crippen LogP contribution < -0.4 is 0 Å². The van der Waals surface area contributed by atoms with Crippen molar-refractivity contribution < 1.29 is 30.4 Å². The minimum absolute atomic E-state index is 0.378. The Kier molecular flexibility index (Phi) is 11.3. The maximum atomic E-state index is 9.21. The third-order valence-corrected chi connectivity index (χ3v) is 1.53. The summed E-state index contributed by atoms with van der Waals surface area (Å²) in [5.41, 5.74) is 0. The van der Waals surface area contributed by atoms with E-state index in [1.165, 1.54) is 0 Å². The molecule has 0 aliphatic rings. The fourth-order valence-corrected chi connectivity index (χ4v) is 1.06. The lowest BCUT2D eigenvalue weighted by molar-refractivity contribution is -0.0281. The van der Waals surface area contributed by atoms with E-state index in [1.807, 2.05) is 0 Å². The number of aliphatic hydroxyl groups excluding tert-OH is 3. The molecule has 16 heavy (non-hydrogen) atoms. The van der Waals surface area contributed by atoms with E-state index in [0.717, 1.165) is 0 Å². The van der Waals surface area contributed by atoms with Crippen molar-refractivity contribution in [3.63, 3.8) is 0 Å². The van der Waals surface area contributed by atoms with E-state index in [1.54, 1.807) is 25.7 Å². The summed E-state index contributed by atoms with van der Waals surface area (Å²) in [5.74, 6) is 0. The highest BCUT2D eigenvalue weighted by atomic mass is 16.5. The van der Waals surface area contributed by atoms with Crippen LogP contribution in [0.15, 0.2) is 0 Å². The molecule has 0 aliphatic heterocycles. The van der Waals surface area contributed by atoms with Gasteiger partial charge in [-0.15, -0.1) is 0 Å². The highest BCUT2D eigenvalue weighted by molar-refractivity contribution is 6.30. The van der Waals surface area contributed by atoms with Gasteiger partial charge >= 0.3 is 7.32 Å². The van der Waals surface area contributed by atoms with Crippen molar-refractivity contribution in [3.05, 3.63) is 0 Å². The molecule has 0 saturated carbocycles. The Morgan fingerprint density at radius 1 is 0.875 bits per heavy atom. The molecule has 0 radical (unpaired) electrons. The van der Waals surface area contributed by atoms with Crippen LogP contribution in [0.25, 0.3) is 0 Å². The first-order chi connectivity index (χ1) is 7.16. The van der Waals surface area contributed by atoms with Crippen LogP contribution in [-0.2, 0) is 0 Å². The van der Waals surface area contributed by atoms with Gasteiger partial charge in [-0.05, 0) is 20.8 Å². The molecule has 0 saturated heterocycles. The van der Waals surface area contributed by atoms with Crippen LogP contribution in [0.4, 0.5) is 0 Å². The predicted octanol–water partition coefficient (Wildman–Crippen LogP) is -2.66. The third kappa shape index (κ3) is 16.2. The van der Waals surface area contributed by atoms with Gasteiger partial charge < -0.3 is 30.4 Å². The first-order valence-electron chi connectivity index (χ1n) is 4.99. The lowest BCUT2D eigenvalue weighted by atomic mass is 10.3. The smallest absolute Gasteiger partial charge is 0.402 e. The van der Waals surface area contributed by atoms with E-state index < -0.39 is 25.8 Å². The summed E-state index contributed by atoms with van der Waals surface area (Å²) in [7, 11) is -2.17. The minimum Gasteiger partial charge on any atom is -0.402 e. The molecule has 0 fully saturated rings. The maximum absolute atomic E-state index is 9.21. The van der Waals surface area contributed by atoms with Crippen LogP contribution in [0.5, 0.6) is 0 Å². The molecule has 98 valence electrons. The summed E-state index contributed by atoms with van der Waals surface area (Å²) in [4.78, 5) is 1.62. The molecule has 6 N–H and O–H groups in total. The van der Waals surface area contributed by atoms with Gasteiger partial charge in [0, 0.05) is 13.1 Å². The molecular formula is C8H22BNO6. The molecule has 8 heteroatoms. The highest BCUT2D eigenvalue weighted by Gasteiger charge is 2.14. The second-order valence-electron chi connectivity index (χ2n) is 3.63. The number of rotatable bonds is 5. The van der Waals surface area contributed by atoms with Gasteiger partial charge in [0.05, 0.1) is 12.2 Å². The Hall–Kier alpha value is -0.215. The molecule has 7 nitrogen and oxygen atoms in total. The predicted molar refractivity (Wildman–Crippen MR) is 59.0 cm³/mol. The van der Waals surface area contributed by atoms with Crippen molar-refractivity contribution in [3.8, 4) is 0 Å². The zero-order valence-corrected chi connectivity index (χ0v) is 9.85. The van der Waals surface area contributed by atoms with Gasteiger partial charge in [-0.25, -0.2) is 0 Å². The highest BCUT2D eigenvalue weighted by Crippen LogP contribution is 1.99. The van der Waals surface area contributed by atoms with Crippen LogP contribution in [0.1, 0.15) is 20.8 Å². The summed E-state index contributed by atoms with van der Waals surface area (Å²) in [6.07, 6.45) is -1.61. The van der Waals surface area contributed by atoms with E-state index in [4.69, 9.17) is 25.3 Å². The van der Waals surface area contributed by atoms with Crippen molar-refractivity contribution in [2.45, 2.75) is 39.2 Å². The molecule has 0 aromatic carbocycles. The Morgan fingerprint density at radius 3 is 1.25 bits per heavy atom. The largest absolute Gasteiger partial charge is 0.631 e. The number of aliphatic hydroxyl groups is 3. The third-order valence-electron chi connectivity index (χ3n) is 1.53. The molecule has 3 atom stereocenters. The number of hydrogen-bond acceptors (Lipinski definition) is 7. The van der Waals surface area contributed by atoms with Crippen molar-refractivity contribution in [2.75, 3.05) is 13.1 Å². The molecule has 0 aliphatic carbocycles. The summed E-state index contributed by atoms with van der Waals surface area (Å²) in [6.45, 7) is 5.67. The van der Waals surface area contributed by atoms with Gasteiger partial charge in [-0.3, -0.25) is 4.90 Å². The molecule has 0 spiro atoms. The summed E-state index contributed by atoms with van der Waals surface area (Å²) >= 11 is 0. The van der Waals surface area contributed by atoms with Crippen LogP contribution in [0.2, 0.25) is 0 Å². The van der Waals surface area contributed by atoms with Crippen LogP contribution in [0.3, 0.4) is 0 Å². The van der Waals surface area contributed by atoms with Gasteiger partial charge in [0.1, 0.15) is 6.23 Å². The lowest BCUT2D eigenvalue weighted by Gasteiger charge is -2.27. The van der Waals surface area contributed by atoms with Gasteiger partial charge in [-0.1, -0.05) is 0 Å². The topological polar surface area (TPSA) is 125 Å². The number of nitrogens with zero attached hydrogens (tertiary/aromatic N) is 1. The summed E-state index contributed by atoms with van der Waals surface area (Å²) in [6, 6.07) is 0. The van der Waals surface area contributed by atoms with Crippen LogP contribution in [-0.4, -0.2) is 74.1 Å². The number of hydrogen-bond donors (Lipinski definition) is 6. The average molecular weight is 239 g/mol. The monoisotopic (exact) mass is 239 g/mol. The fraction of sp³-hybridized carbons (Fsp3) is 1.00. The van der Waals surface area contributed by atoms with E-state index >= 15 is 0 Å². The second-order valence-corrected chi connectivity index (χ2v) is 3.63. The first kappa shape index (κ1) is 18.2. The standard InChI is InChI=1S/C8H19NO3.BH3O3/c1-6(10)4-9(8(3)12)5-7(2)11;2-1(3)4/h6-8,10-12H,4-5H2,1-3H3;2-4H. The Balaban J connectivity index is 0. The molecule has 0 bridgehead atoms. The van der Waals surface area contributed by atoms with E-state index in [-0.39, 0.29) is 0 Å². The Bertz CT molecular complexity index is 143.